The van der Waals surface area contributed by atoms with Crippen molar-refractivity contribution in [3.63, 3.8) is 0 Å². The fourth-order valence-corrected chi connectivity index (χ4v) is 5.52. The smallest absolute Gasteiger partial charge is 0.252 e. The molecule has 1 aromatic heterocycles. The van der Waals surface area contributed by atoms with Crippen molar-refractivity contribution in [1.82, 2.24) is 9.62 Å². The van der Waals surface area contributed by atoms with Gasteiger partial charge in [-0.1, -0.05) is 18.2 Å². The summed E-state index contributed by atoms with van der Waals surface area (Å²) in [6.07, 6.45) is 1.31. The van der Waals surface area contributed by atoms with Crippen LogP contribution in [0.25, 0.3) is 0 Å². The summed E-state index contributed by atoms with van der Waals surface area (Å²) >= 11 is 1.18. The van der Waals surface area contributed by atoms with Crippen molar-refractivity contribution >= 4 is 27.3 Å². The molecule has 1 aliphatic rings. The summed E-state index contributed by atoms with van der Waals surface area (Å²) in [5, 5.41) is 4.54. The summed E-state index contributed by atoms with van der Waals surface area (Å²) in [4.78, 5) is 12.4. The zero-order valence-electron chi connectivity index (χ0n) is 13.5. The summed E-state index contributed by atoms with van der Waals surface area (Å²) in [6.45, 7) is 0.921. The molecular weight excluding hydrogens is 363 g/mol. The average molecular weight is 382 g/mol. The van der Waals surface area contributed by atoms with Crippen molar-refractivity contribution in [2.45, 2.75) is 23.6 Å². The molecule has 25 heavy (non-hydrogen) atoms. The van der Waals surface area contributed by atoms with Crippen molar-refractivity contribution in [2.75, 3.05) is 13.1 Å². The Morgan fingerprint density at radius 3 is 2.72 bits per heavy atom. The van der Waals surface area contributed by atoms with E-state index < -0.39 is 10.0 Å². The van der Waals surface area contributed by atoms with E-state index in [0.717, 1.165) is 5.56 Å². The van der Waals surface area contributed by atoms with Crippen LogP contribution in [0.4, 0.5) is 4.39 Å². The highest BCUT2D eigenvalue weighted by molar-refractivity contribution is 7.91. The zero-order valence-corrected chi connectivity index (χ0v) is 15.2. The van der Waals surface area contributed by atoms with Crippen LogP contribution in [0.3, 0.4) is 0 Å². The van der Waals surface area contributed by atoms with Crippen molar-refractivity contribution in [3.8, 4) is 0 Å². The fraction of sp³-hybridized carbons (Fsp3) is 0.353. The predicted octanol–water partition coefficient (Wildman–Crippen LogP) is 2.60. The first-order valence-corrected chi connectivity index (χ1v) is 10.3. The number of amides is 1. The number of benzene rings is 1. The number of carbonyl (C=O) groups is 1. The van der Waals surface area contributed by atoms with Crippen LogP contribution in [0.2, 0.25) is 0 Å². The first kappa shape index (κ1) is 18.0. The molecule has 2 heterocycles. The van der Waals surface area contributed by atoms with E-state index in [1.54, 1.807) is 29.6 Å². The lowest BCUT2D eigenvalue weighted by Crippen LogP contribution is -2.45. The Kier molecular flexibility index (Phi) is 5.51. The van der Waals surface area contributed by atoms with Crippen LogP contribution in [-0.4, -0.2) is 31.7 Å². The minimum atomic E-state index is -3.53. The van der Waals surface area contributed by atoms with Crippen molar-refractivity contribution in [2.24, 2.45) is 5.92 Å². The second-order valence-electron chi connectivity index (χ2n) is 5.98. The van der Waals surface area contributed by atoms with E-state index in [9.17, 15) is 17.6 Å². The Morgan fingerprint density at radius 1 is 1.28 bits per heavy atom. The molecule has 3 rings (SSSR count). The van der Waals surface area contributed by atoms with Gasteiger partial charge in [0.1, 0.15) is 10.0 Å². The Labute approximate surface area is 150 Å². The third-order valence-electron chi connectivity index (χ3n) is 4.22. The normalized spacial score (nSPS) is 18.8. The van der Waals surface area contributed by atoms with Gasteiger partial charge in [-0.15, -0.1) is 11.3 Å². The minimum Gasteiger partial charge on any atom is -0.352 e. The highest BCUT2D eigenvalue weighted by atomic mass is 32.2. The number of piperidine rings is 1. The first-order valence-electron chi connectivity index (χ1n) is 8.02. The van der Waals surface area contributed by atoms with Gasteiger partial charge < -0.3 is 5.32 Å². The molecule has 1 atom stereocenters. The van der Waals surface area contributed by atoms with Crippen LogP contribution in [0, 0.1) is 11.7 Å². The van der Waals surface area contributed by atoms with Gasteiger partial charge >= 0.3 is 0 Å². The second kappa shape index (κ2) is 7.63. The number of hydrogen-bond donors (Lipinski definition) is 1. The topological polar surface area (TPSA) is 66.5 Å². The van der Waals surface area contributed by atoms with Gasteiger partial charge in [0, 0.05) is 19.6 Å². The summed E-state index contributed by atoms with van der Waals surface area (Å²) < 4.78 is 39.8. The molecule has 0 aliphatic carbocycles. The number of hydrogen-bond acceptors (Lipinski definition) is 4. The monoisotopic (exact) mass is 382 g/mol. The third kappa shape index (κ3) is 4.26. The molecule has 0 bridgehead atoms. The quantitative estimate of drug-likeness (QED) is 0.864. The van der Waals surface area contributed by atoms with E-state index in [1.807, 2.05) is 0 Å². The van der Waals surface area contributed by atoms with Gasteiger partial charge in [0.25, 0.3) is 10.0 Å². The molecule has 134 valence electrons. The molecule has 1 saturated heterocycles. The summed E-state index contributed by atoms with van der Waals surface area (Å²) in [5.74, 6) is -0.865. The summed E-state index contributed by atoms with van der Waals surface area (Å²) in [5.41, 5.74) is 0.800. The number of carbonyl (C=O) groups excluding carboxylic acids is 1. The van der Waals surface area contributed by atoms with Gasteiger partial charge in [-0.2, -0.15) is 4.31 Å². The maximum absolute atomic E-state index is 12.9. The third-order valence-corrected chi connectivity index (χ3v) is 7.46. The summed E-state index contributed by atoms with van der Waals surface area (Å²) in [6, 6.07) is 9.20. The molecule has 1 aromatic carbocycles. The largest absolute Gasteiger partial charge is 0.352 e. The molecule has 1 amide bonds. The summed E-state index contributed by atoms with van der Waals surface area (Å²) in [7, 11) is -3.53. The lowest BCUT2D eigenvalue weighted by molar-refractivity contribution is -0.126. The van der Waals surface area contributed by atoms with Gasteiger partial charge in [-0.05, 0) is 42.0 Å². The van der Waals surface area contributed by atoms with Crippen LogP contribution in [0.15, 0.2) is 46.0 Å². The Morgan fingerprint density at radius 2 is 2.04 bits per heavy atom. The van der Waals surface area contributed by atoms with E-state index in [-0.39, 0.29) is 24.2 Å². The number of nitrogens with one attached hydrogen (secondary N) is 1. The Hall–Kier alpha value is -1.77. The molecule has 1 N–H and O–H groups in total. The number of rotatable bonds is 5. The molecule has 8 heteroatoms. The maximum atomic E-state index is 12.9. The fourth-order valence-electron chi connectivity index (χ4n) is 2.85. The molecule has 1 aliphatic heterocycles. The van der Waals surface area contributed by atoms with Gasteiger partial charge in [-0.25, -0.2) is 12.8 Å². The lowest BCUT2D eigenvalue weighted by atomic mass is 9.99. The second-order valence-corrected chi connectivity index (χ2v) is 9.09. The van der Waals surface area contributed by atoms with Gasteiger partial charge in [0.2, 0.25) is 5.91 Å². The molecule has 0 radical (unpaired) electrons. The van der Waals surface area contributed by atoms with E-state index in [0.29, 0.717) is 30.1 Å². The van der Waals surface area contributed by atoms with Crippen LogP contribution in [-0.2, 0) is 21.4 Å². The van der Waals surface area contributed by atoms with E-state index in [2.05, 4.69) is 5.32 Å². The van der Waals surface area contributed by atoms with E-state index in [1.165, 1.54) is 27.8 Å². The molecular formula is C17H19FN2O3S2. The van der Waals surface area contributed by atoms with Crippen LogP contribution in [0.5, 0.6) is 0 Å². The van der Waals surface area contributed by atoms with Crippen molar-refractivity contribution in [3.05, 3.63) is 53.2 Å². The zero-order chi connectivity index (χ0) is 17.9. The van der Waals surface area contributed by atoms with Crippen LogP contribution >= 0.6 is 11.3 Å². The Balaban J connectivity index is 1.61. The molecule has 0 saturated carbocycles. The predicted molar refractivity (Wildman–Crippen MR) is 94.0 cm³/mol. The number of halogens is 1. The Bertz CT molecular complexity index is 820. The number of sulfonamides is 1. The van der Waals surface area contributed by atoms with Crippen LogP contribution in [0.1, 0.15) is 18.4 Å². The van der Waals surface area contributed by atoms with Crippen molar-refractivity contribution < 1.29 is 17.6 Å². The maximum Gasteiger partial charge on any atom is 0.252 e. The van der Waals surface area contributed by atoms with Crippen molar-refractivity contribution in [1.29, 1.82) is 0 Å². The van der Waals surface area contributed by atoms with Gasteiger partial charge in [0.15, 0.2) is 0 Å². The molecule has 1 fully saturated rings. The highest BCUT2D eigenvalue weighted by Crippen LogP contribution is 2.26. The van der Waals surface area contributed by atoms with Gasteiger partial charge in [-0.3, -0.25) is 4.79 Å². The first-order chi connectivity index (χ1) is 12.0. The van der Waals surface area contributed by atoms with Crippen LogP contribution < -0.4 is 5.32 Å². The number of nitrogens with zero attached hydrogens (tertiary/aromatic N) is 1. The standard InChI is InChI=1S/C17H19FN2O3S2/c18-15-7-5-13(6-8-15)11-19-17(21)14-3-1-9-20(12-14)25(22,23)16-4-2-10-24-16/h2,4-8,10,14H,1,3,9,11-12H2,(H,19,21). The average Bonchev–Trinajstić information content (AvgIpc) is 3.16. The lowest BCUT2D eigenvalue weighted by Gasteiger charge is -2.30. The SMILES string of the molecule is O=C(NCc1ccc(F)cc1)C1CCCN(S(=O)(=O)c2cccs2)C1. The molecule has 2 aromatic rings. The van der Waals surface area contributed by atoms with E-state index in [4.69, 9.17) is 0 Å². The highest BCUT2D eigenvalue weighted by Gasteiger charge is 2.33. The number of thiophene rings is 1. The molecule has 0 spiro atoms. The molecule has 5 nitrogen and oxygen atoms in total. The minimum absolute atomic E-state index is 0.171. The van der Waals surface area contributed by atoms with Gasteiger partial charge in [0.05, 0.1) is 5.92 Å². The molecule has 1 unspecified atom stereocenters. The van der Waals surface area contributed by atoms with E-state index >= 15 is 0 Å².